The van der Waals surface area contributed by atoms with E-state index in [1.54, 1.807) is 6.26 Å². The summed E-state index contributed by atoms with van der Waals surface area (Å²) in [4.78, 5) is 12.0. The van der Waals surface area contributed by atoms with Crippen LogP contribution in [0.15, 0.2) is 89.7 Å². The van der Waals surface area contributed by atoms with E-state index in [1.165, 1.54) is 22.3 Å². The van der Waals surface area contributed by atoms with Gasteiger partial charge in [-0.1, -0.05) is 60.7 Å². The van der Waals surface area contributed by atoms with Gasteiger partial charge in [0.05, 0.1) is 6.26 Å². The van der Waals surface area contributed by atoms with E-state index in [2.05, 4.69) is 77.8 Å². The zero-order chi connectivity index (χ0) is 25.0. The van der Waals surface area contributed by atoms with Crippen LogP contribution in [0, 0.1) is 6.92 Å². The average Bonchev–Trinajstić information content (AvgIpc) is 3.63. The third-order valence-corrected chi connectivity index (χ3v) is 6.95. The lowest BCUT2D eigenvalue weighted by Gasteiger charge is -2.26. The Labute approximate surface area is 216 Å². The van der Waals surface area contributed by atoms with Gasteiger partial charge in [-0.05, 0) is 54.2 Å². The monoisotopic (exact) mass is 490 g/mol. The summed E-state index contributed by atoms with van der Waals surface area (Å²) in [5.41, 5.74) is 7.20. The van der Waals surface area contributed by atoms with Crippen LogP contribution in [0.25, 0.3) is 22.8 Å². The van der Waals surface area contributed by atoms with Gasteiger partial charge in [-0.3, -0.25) is 4.90 Å². The smallest absolute Gasteiger partial charge is 0.225 e. The fourth-order valence-electron chi connectivity index (χ4n) is 4.87. The molecule has 7 nitrogen and oxygen atoms in total. The quantitative estimate of drug-likeness (QED) is 0.304. The summed E-state index contributed by atoms with van der Waals surface area (Å²) in [6.07, 6.45) is 7.84. The highest BCUT2D eigenvalue weighted by Gasteiger charge is 2.19. The molecule has 4 heterocycles. The summed E-state index contributed by atoms with van der Waals surface area (Å²) in [6, 6.07) is 22.8. The fraction of sp³-hybridized carbons (Fsp3) is 0.233. The summed E-state index contributed by atoms with van der Waals surface area (Å²) in [5.74, 6) is 1.89. The molecule has 1 aliphatic heterocycles. The Balaban J connectivity index is 1.23. The van der Waals surface area contributed by atoms with Crippen molar-refractivity contribution in [3.8, 4) is 11.6 Å². The molecular weight excluding hydrogens is 460 g/mol. The lowest BCUT2D eigenvalue weighted by atomic mass is 9.99. The molecule has 7 heteroatoms. The largest absolute Gasteiger partial charge is 0.461 e. The highest BCUT2D eigenvalue weighted by Crippen LogP contribution is 2.25. The molecule has 2 aromatic carbocycles. The first-order chi connectivity index (χ1) is 18.2. The van der Waals surface area contributed by atoms with Crippen LogP contribution in [0.3, 0.4) is 0 Å². The Hall–Kier alpha value is -4.23. The lowest BCUT2D eigenvalue weighted by molar-refractivity contribution is 0.294. The molecule has 0 atom stereocenters. The zero-order valence-electron chi connectivity index (χ0n) is 21.0. The number of rotatable bonds is 8. The molecule has 0 fully saturated rings. The van der Waals surface area contributed by atoms with Crippen LogP contribution < -0.4 is 5.32 Å². The van der Waals surface area contributed by atoms with Gasteiger partial charge in [-0.25, -0.2) is 9.97 Å². The van der Waals surface area contributed by atoms with Crippen LogP contribution in [0.4, 0.5) is 5.95 Å². The molecule has 0 spiro atoms. The van der Waals surface area contributed by atoms with E-state index >= 15 is 0 Å². The minimum Gasteiger partial charge on any atom is -0.461 e. The summed E-state index contributed by atoms with van der Waals surface area (Å²) in [7, 11) is 0. The Morgan fingerprint density at radius 3 is 2.62 bits per heavy atom. The van der Waals surface area contributed by atoms with Crippen LogP contribution in [0.5, 0.6) is 0 Å². The molecule has 0 saturated heterocycles. The topological polar surface area (TPSA) is 71.5 Å². The number of furan rings is 1. The maximum absolute atomic E-state index is 5.59. The van der Waals surface area contributed by atoms with E-state index in [9.17, 15) is 0 Å². The number of nitrogens with one attached hydrogen (secondary N) is 1. The number of hydrogen-bond donors (Lipinski definition) is 1. The van der Waals surface area contributed by atoms with Crippen LogP contribution in [0.1, 0.15) is 28.7 Å². The predicted molar refractivity (Wildman–Crippen MR) is 146 cm³/mol. The third kappa shape index (κ3) is 5.04. The Bertz CT molecular complexity index is 1520. The normalized spacial score (nSPS) is 14.1. The molecule has 0 unspecified atom stereocenters. The Morgan fingerprint density at radius 1 is 0.973 bits per heavy atom. The number of fused-ring (bicyclic) bond motifs is 1. The van der Waals surface area contributed by atoms with E-state index < -0.39 is 0 Å². The highest BCUT2D eigenvalue weighted by molar-refractivity contribution is 5.66. The third-order valence-electron chi connectivity index (χ3n) is 6.95. The molecule has 186 valence electrons. The van der Waals surface area contributed by atoms with E-state index in [4.69, 9.17) is 19.5 Å². The van der Waals surface area contributed by atoms with Crippen molar-refractivity contribution in [2.75, 3.05) is 25.0 Å². The van der Waals surface area contributed by atoms with Gasteiger partial charge in [0.1, 0.15) is 0 Å². The lowest BCUT2D eigenvalue weighted by Crippen LogP contribution is -2.28. The second kappa shape index (κ2) is 10.4. The van der Waals surface area contributed by atoms with E-state index in [0.29, 0.717) is 17.5 Å². The molecule has 0 radical (unpaired) electrons. The van der Waals surface area contributed by atoms with Crippen molar-refractivity contribution in [2.45, 2.75) is 26.3 Å². The summed E-state index contributed by atoms with van der Waals surface area (Å²) >= 11 is 0. The number of benzene rings is 2. The molecule has 37 heavy (non-hydrogen) atoms. The standard InChI is InChI=1S/C30H30N6O/c1-22-8-5-6-9-23(22)13-16-31-30-32-20-26(29-33-28(34-36(29)30)27-12-7-19-37-27)21-35-17-14-25(15-18-35)24-10-3-2-4-11-24/h2-12,14,19-20H,13,15-18,21H2,1H3,(H,31,32). The second-order valence-electron chi connectivity index (χ2n) is 9.44. The molecule has 0 bridgehead atoms. The van der Waals surface area contributed by atoms with Crippen molar-refractivity contribution >= 4 is 17.2 Å². The molecule has 0 saturated carbocycles. The van der Waals surface area contributed by atoms with Gasteiger partial charge in [0, 0.05) is 37.9 Å². The number of aromatic nitrogens is 4. The molecule has 0 aliphatic carbocycles. The molecule has 6 rings (SSSR count). The summed E-state index contributed by atoms with van der Waals surface area (Å²) in [5, 5.41) is 8.23. The number of hydrogen-bond acceptors (Lipinski definition) is 6. The molecule has 3 aromatic heterocycles. The van der Waals surface area contributed by atoms with Gasteiger partial charge >= 0.3 is 0 Å². The van der Waals surface area contributed by atoms with Gasteiger partial charge in [0.15, 0.2) is 11.4 Å². The minimum absolute atomic E-state index is 0.561. The van der Waals surface area contributed by atoms with Crippen molar-refractivity contribution in [1.82, 2.24) is 24.5 Å². The maximum Gasteiger partial charge on any atom is 0.225 e. The van der Waals surface area contributed by atoms with Gasteiger partial charge in [-0.2, -0.15) is 4.52 Å². The molecule has 0 amide bonds. The minimum atomic E-state index is 0.561. The molecule has 1 N–H and O–H groups in total. The zero-order valence-corrected chi connectivity index (χ0v) is 21.0. The molecular formula is C30H30N6O. The van der Waals surface area contributed by atoms with Crippen LogP contribution in [0.2, 0.25) is 0 Å². The highest BCUT2D eigenvalue weighted by atomic mass is 16.3. The van der Waals surface area contributed by atoms with Crippen LogP contribution in [-0.2, 0) is 13.0 Å². The fourth-order valence-corrected chi connectivity index (χ4v) is 4.87. The van der Waals surface area contributed by atoms with E-state index in [1.807, 2.05) is 22.8 Å². The summed E-state index contributed by atoms with van der Waals surface area (Å²) in [6.45, 7) is 5.54. The predicted octanol–water partition coefficient (Wildman–Crippen LogP) is 5.64. The number of aryl methyl sites for hydroxylation is 1. The van der Waals surface area contributed by atoms with Crippen molar-refractivity contribution in [3.05, 3.63) is 108 Å². The van der Waals surface area contributed by atoms with Crippen molar-refractivity contribution in [2.24, 2.45) is 0 Å². The number of anilines is 1. The molecule has 1 aliphatic rings. The maximum atomic E-state index is 5.59. The van der Waals surface area contributed by atoms with Crippen molar-refractivity contribution in [1.29, 1.82) is 0 Å². The first kappa shape index (κ1) is 23.2. The first-order valence-corrected chi connectivity index (χ1v) is 12.8. The van der Waals surface area contributed by atoms with Crippen molar-refractivity contribution < 1.29 is 4.42 Å². The van der Waals surface area contributed by atoms with Crippen LogP contribution >= 0.6 is 0 Å². The Kier molecular flexibility index (Phi) is 6.52. The first-order valence-electron chi connectivity index (χ1n) is 12.8. The second-order valence-corrected chi connectivity index (χ2v) is 9.44. The molecule has 5 aromatic rings. The van der Waals surface area contributed by atoms with Gasteiger partial charge in [0.25, 0.3) is 0 Å². The van der Waals surface area contributed by atoms with Gasteiger partial charge in [0.2, 0.25) is 11.8 Å². The van der Waals surface area contributed by atoms with Gasteiger partial charge < -0.3 is 9.73 Å². The summed E-state index contributed by atoms with van der Waals surface area (Å²) < 4.78 is 7.41. The van der Waals surface area contributed by atoms with E-state index in [0.717, 1.165) is 50.2 Å². The van der Waals surface area contributed by atoms with Gasteiger partial charge in [-0.15, -0.1) is 5.10 Å². The Morgan fingerprint density at radius 2 is 1.84 bits per heavy atom. The average molecular weight is 491 g/mol. The number of nitrogens with zero attached hydrogens (tertiary/aromatic N) is 5. The van der Waals surface area contributed by atoms with Crippen molar-refractivity contribution in [3.63, 3.8) is 0 Å². The SMILES string of the molecule is Cc1ccccc1CCNc1ncc(CN2CC=C(c3ccccc3)CC2)c2nc(-c3ccco3)nn12. The van der Waals surface area contributed by atoms with Crippen LogP contribution in [-0.4, -0.2) is 44.1 Å². The van der Waals surface area contributed by atoms with E-state index in [-0.39, 0.29) is 0 Å².